The van der Waals surface area contributed by atoms with Crippen LogP contribution in [-0.2, 0) is 0 Å². The second-order valence-electron chi connectivity index (χ2n) is 1.30. The molecule has 1 atom stereocenters. The third kappa shape index (κ3) is 0.542. The standard InChI is InChI=1S/C3H7N3/c1-3-4-2-5-6-3/h3-4H,2H2,1H3. The van der Waals surface area contributed by atoms with E-state index < -0.39 is 0 Å². The molecule has 1 aliphatic heterocycles. The topological polar surface area (TPSA) is 36.8 Å². The Morgan fingerprint density at radius 2 is 2.67 bits per heavy atom. The van der Waals surface area contributed by atoms with E-state index in [-0.39, 0.29) is 6.17 Å². The summed E-state index contributed by atoms with van der Waals surface area (Å²) in [6.07, 6.45) is 0.255. The van der Waals surface area contributed by atoms with Crippen molar-refractivity contribution >= 4 is 0 Å². The molecular weight excluding hydrogens is 78.1 g/mol. The summed E-state index contributed by atoms with van der Waals surface area (Å²) in [6.45, 7) is 2.66. The first-order valence-corrected chi connectivity index (χ1v) is 1.99. The van der Waals surface area contributed by atoms with Gasteiger partial charge in [0.1, 0.15) is 12.8 Å². The van der Waals surface area contributed by atoms with Gasteiger partial charge in [-0.2, -0.15) is 10.2 Å². The first-order valence-electron chi connectivity index (χ1n) is 1.99. The highest BCUT2D eigenvalue weighted by Crippen LogP contribution is 1.90. The van der Waals surface area contributed by atoms with Gasteiger partial charge in [0.2, 0.25) is 0 Å². The Balaban J connectivity index is 2.38. The summed E-state index contributed by atoms with van der Waals surface area (Å²) in [4.78, 5) is 0. The molecule has 34 valence electrons. The lowest BCUT2D eigenvalue weighted by atomic mass is 10.6. The largest absolute Gasteiger partial charge is 0.274 e. The molecule has 3 heteroatoms. The zero-order chi connectivity index (χ0) is 4.41. The maximum absolute atomic E-state index is 3.75. The Morgan fingerprint density at radius 1 is 1.83 bits per heavy atom. The maximum Gasteiger partial charge on any atom is 0.119 e. The smallest absolute Gasteiger partial charge is 0.119 e. The molecule has 0 fully saturated rings. The molecule has 0 amide bonds. The summed E-state index contributed by atoms with van der Waals surface area (Å²) in [5.41, 5.74) is 0. The Kier molecular flexibility index (Phi) is 0.837. The lowest BCUT2D eigenvalue weighted by Crippen LogP contribution is -2.16. The number of nitrogens with one attached hydrogen (secondary N) is 1. The molecule has 1 rings (SSSR count). The summed E-state index contributed by atoms with van der Waals surface area (Å²) < 4.78 is 0. The predicted molar refractivity (Wildman–Crippen MR) is 22.3 cm³/mol. The van der Waals surface area contributed by atoms with Crippen molar-refractivity contribution in [1.82, 2.24) is 5.32 Å². The minimum atomic E-state index is 0.255. The fourth-order valence-corrected chi connectivity index (χ4v) is 0.377. The van der Waals surface area contributed by atoms with Crippen LogP contribution >= 0.6 is 0 Å². The Morgan fingerprint density at radius 3 is 2.83 bits per heavy atom. The molecule has 0 aromatic heterocycles. The van der Waals surface area contributed by atoms with Crippen LogP contribution < -0.4 is 5.32 Å². The van der Waals surface area contributed by atoms with E-state index in [0.29, 0.717) is 6.67 Å². The Labute approximate surface area is 36.5 Å². The van der Waals surface area contributed by atoms with Gasteiger partial charge in [0.25, 0.3) is 0 Å². The summed E-state index contributed by atoms with van der Waals surface area (Å²) >= 11 is 0. The molecule has 0 saturated carbocycles. The van der Waals surface area contributed by atoms with Crippen molar-refractivity contribution in [3.05, 3.63) is 0 Å². The van der Waals surface area contributed by atoms with Gasteiger partial charge in [-0.15, -0.1) is 0 Å². The predicted octanol–water partition coefficient (Wildman–Crippen LogP) is 0.345. The number of hydrogen-bond acceptors (Lipinski definition) is 3. The third-order valence-electron chi connectivity index (χ3n) is 0.712. The molecule has 3 nitrogen and oxygen atoms in total. The van der Waals surface area contributed by atoms with Crippen LogP contribution in [0.1, 0.15) is 6.92 Å². The van der Waals surface area contributed by atoms with Gasteiger partial charge in [0.15, 0.2) is 0 Å². The number of nitrogens with zero attached hydrogens (tertiary/aromatic N) is 2. The average molecular weight is 85.1 g/mol. The van der Waals surface area contributed by atoms with Gasteiger partial charge < -0.3 is 0 Å². The SMILES string of the molecule is CC1N=NCN1. The van der Waals surface area contributed by atoms with E-state index in [0.717, 1.165) is 0 Å². The molecule has 0 aliphatic carbocycles. The molecule has 0 aromatic rings. The first-order chi connectivity index (χ1) is 2.89. The van der Waals surface area contributed by atoms with Crippen LogP contribution in [0.5, 0.6) is 0 Å². The molecule has 1 N–H and O–H groups in total. The van der Waals surface area contributed by atoms with E-state index in [4.69, 9.17) is 0 Å². The Bertz CT molecular complexity index is 68.4. The van der Waals surface area contributed by atoms with Crippen LogP contribution in [0.25, 0.3) is 0 Å². The Hall–Kier alpha value is -0.440. The molecule has 0 radical (unpaired) electrons. The van der Waals surface area contributed by atoms with Gasteiger partial charge in [-0.05, 0) is 6.92 Å². The lowest BCUT2D eigenvalue weighted by molar-refractivity contribution is 0.658. The zero-order valence-corrected chi connectivity index (χ0v) is 3.68. The van der Waals surface area contributed by atoms with Crippen molar-refractivity contribution in [3.8, 4) is 0 Å². The lowest BCUT2D eigenvalue weighted by Gasteiger charge is -1.89. The second kappa shape index (κ2) is 1.34. The molecule has 6 heavy (non-hydrogen) atoms. The van der Waals surface area contributed by atoms with Gasteiger partial charge in [0, 0.05) is 0 Å². The van der Waals surface area contributed by atoms with Crippen molar-refractivity contribution in [1.29, 1.82) is 0 Å². The number of hydrogen-bond donors (Lipinski definition) is 1. The van der Waals surface area contributed by atoms with E-state index in [1.807, 2.05) is 6.92 Å². The van der Waals surface area contributed by atoms with E-state index in [2.05, 4.69) is 15.5 Å². The van der Waals surface area contributed by atoms with Gasteiger partial charge in [-0.1, -0.05) is 0 Å². The first kappa shape index (κ1) is 3.74. The van der Waals surface area contributed by atoms with Crippen LogP contribution in [0.2, 0.25) is 0 Å². The van der Waals surface area contributed by atoms with Gasteiger partial charge >= 0.3 is 0 Å². The summed E-state index contributed by atoms with van der Waals surface area (Å²) in [5, 5.41) is 10.4. The van der Waals surface area contributed by atoms with Gasteiger partial charge in [-0.3, -0.25) is 5.32 Å². The van der Waals surface area contributed by atoms with E-state index in [1.165, 1.54) is 0 Å². The second-order valence-corrected chi connectivity index (χ2v) is 1.30. The molecular formula is C3H7N3. The highest BCUT2D eigenvalue weighted by molar-refractivity contribution is 4.57. The zero-order valence-electron chi connectivity index (χ0n) is 3.68. The quantitative estimate of drug-likeness (QED) is 0.452. The van der Waals surface area contributed by atoms with E-state index in [9.17, 15) is 0 Å². The van der Waals surface area contributed by atoms with Gasteiger partial charge in [0.05, 0.1) is 0 Å². The fraction of sp³-hybridized carbons (Fsp3) is 1.00. The highest BCUT2D eigenvalue weighted by Gasteiger charge is 1.99. The molecule has 0 aromatic carbocycles. The number of azo groups is 1. The van der Waals surface area contributed by atoms with Crippen molar-refractivity contribution in [3.63, 3.8) is 0 Å². The van der Waals surface area contributed by atoms with Crippen molar-refractivity contribution in [2.24, 2.45) is 10.2 Å². The van der Waals surface area contributed by atoms with Crippen molar-refractivity contribution < 1.29 is 0 Å². The minimum Gasteiger partial charge on any atom is -0.274 e. The summed E-state index contributed by atoms with van der Waals surface area (Å²) in [7, 11) is 0. The maximum atomic E-state index is 3.75. The molecule has 1 heterocycles. The highest BCUT2D eigenvalue weighted by atomic mass is 15.3. The van der Waals surface area contributed by atoms with Crippen LogP contribution in [-0.4, -0.2) is 12.8 Å². The number of rotatable bonds is 0. The average Bonchev–Trinajstić information content (AvgIpc) is 1.86. The fourth-order valence-electron chi connectivity index (χ4n) is 0.377. The minimum absolute atomic E-state index is 0.255. The van der Waals surface area contributed by atoms with E-state index >= 15 is 0 Å². The normalized spacial score (nSPS) is 31.8. The summed E-state index contributed by atoms with van der Waals surface area (Å²) in [6, 6.07) is 0. The van der Waals surface area contributed by atoms with Crippen LogP contribution in [0.4, 0.5) is 0 Å². The van der Waals surface area contributed by atoms with Crippen molar-refractivity contribution in [2.45, 2.75) is 13.1 Å². The monoisotopic (exact) mass is 85.1 g/mol. The van der Waals surface area contributed by atoms with Crippen LogP contribution in [0.3, 0.4) is 0 Å². The molecule has 0 spiro atoms. The van der Waals surface area contributed by atoms with Crippen molar-refractivity contribution in [2.75, 3.05) is 6.67 Å². The molecule has 1 aliphatic rings. The third-order valence-corrected chi connectivity index (χ3v) is 0.712. The molecule has 1 unspecified atom stereocenters. The van der Waals surface area contributed by atoms with Crippen LogP contribution in [0, 0.1) is 0 Å². The molecule has 0 saturated heterocycles. The summed E-state index contributed by atoms with van der Waals surface area (Å²) in [5.74, 6) is 0. The molecule has 0 bridgehead atoms. The van der Waals surface area contributed by atoms with E-state index in [1.54, 1.807) is 0 Å². The van der Waals surface area contributed by atoms with Crippen LogP contribution in [0.15, 0.2) is 10.2 Å². The van der Waals surface area contributed by atoms with Gasteiger partial charge in [-0.25, -0.2) is 0 Å².